The molecule has 1 aromatic heterocycles. The molecule has 4 rings (SSSR count). The number of carbonyl (C=O) groups is 1. The molecule has 0 aliphatic carbocycles. The van der Waals surface area contributed by atoms with Crippen LogP contribution in [0.5, 0.6) is 5.75 Å². The highest BCUT2D eigenvalue weighted by Crippen LogP contribution is 2.33. The second-order valence-corrected chi connectivity index (χ2v) is 8.44. The van der Waals surface area contributed by atoms with Gasteiger partial charge in [-0.1, -0.05) is 0 Å². The summed E-state index contributed by atoms with van der Waals surface area (Å²) in [5.41, 5.74) is 1.23. The van der Waals surface area contributed by atoms with Gasteiger partial charge in [-0.15, -0.1) is 0 Å². The van der Waals surface area contributed by atoms with Gasteiger partial charge in [0.1, 0.15) is 18.5 Å². The van der Waals surface area contributed by atoms with E-state index in [-0.39, 0.29) is 5.56 Å². The summed E-state index contributed by atoms with van der Waals surface area (Å²) in [5, 5.41) is 6.93. The lowest BCUT2D eigenvalue weighted by Crippen LogP contribution is -2.37. The third-order valence-electron chi connectivity index (χ3n) is 5.99. The van der Waals surface area contributed by atoms with Gasteiger partial charge in [-0.2, -0.15) is 18.3 Å². The van der Waals surface area contributed by atoms with Gasteiger partial charge in [-0.25, -0.2) is 4.39 Å². The standard InChI is InChI=1S/C25H26F4N4O2/c1-32-22(8-11-30-32)21-16-20(31-24(34)17-2-4-18(5-3-17)25(27,28)29)6-7-23(21)35-15-14-33-12-9-19(26)10-13-33/h2-8,11,16,19H,9-10,12-15H2,1H3,(H,31,34). The molecule has 1 fully saturated rings. The van der Waals surface area contributed by atoms with Crippen LogP contribution in [-0.4, -0.2) is 53.0 Å². The van der Waals surface area contributed by atoms with Crippen molar-refractivity contribution in [2.75, 3.05) is 31.6 Å². The number of rotatable bonds is 7. The van der Waals surface area contributed by atoms with Gasteiger partial charge in [0.05, 0.1) is 11.3 Å². The van der Waals surface area contributed by atoms with Gasteiger partial charge < -0.3 is 10.1 Å². The van der Waals surface area contributed by atoms with E-state index in [0.717, 1.165) is 30.0 Å². The number of amides is 1. The zero-order chi connectivity index (χ0) is 25.0. The quantitative estimate of drug-likeness (QED) is 0.465. The van der Waals surface area contributed by atoms with Gasteiger partial charge in [-0.05, 0) is 61.4 Å². The van der Waals surface area contributed by atoms with E-state index in [2.05, 4.69) is 15.3 Å². The number of halogens is 4. The third kappa shape index (κ3) is 6.19. The van der Waals surface area contributed by atoms with Crippen molar-refractivity contribution >= 4 is 11.6 Å². The van der Waals surface area contributed by atoms with E-state index in [0.29, 0.717) is 56.1 Å². The van der Waals surface area contributed by atoms with Crippen LogP contribution >= 0.6 is 0 Å². The molecule has 0 unspecified atom stereocenters. The lowest BCUT2D eigenvalue weighted by molar-refractivity contribution is -0.137. The molecule has 0 atom stereocenters. The van der Waals surface area contributed by atoms with Crippen molar-refractivity contribution in [1.82, 2.24) is 14.7 Å². The minimum absolute atomic E-state index is 0.109. The first-order valence-electron chi connectivity index (χ1n) is 11.3. The van der Waals surface area contributed by atoms with Crippen LogP contribution in [0.25, 0.3) is 11.3 Å². The predicted molar refractivity (Wildman–Crippen MR) is 124 cm³/mol. The molecule has 35 heavy (non-hydrogen) atoms. The number of likely N-dealkylation sites (tertiary alicyclic amines) is 1. The summed E-state index contributed by atoms with van der Waals surface area (Å²) in [6.45, 7) is 2.49. The van der Waals surface area contributed by atoms with Crippen LogP contribution in [0.4, 0.5) is 23.2 Å². The van der Waals surface area contributed by atoms with Crippen molar-refractivity contribution in [1.29, 1.82) is 0 Å². The van der Waals surface area contributed by atoms with E-state index in [9.17, 15) is 22.4 Å². The number of hydrogen-bond acceptors (Lipinski definition) is 4. The fraction of sp³-hybridized carbons (Fsp3) is 0.360. The average molecular weight is 491 g/mol. The molecule has 2 heterocycles. The Kier molecular flexibility index (Phi) is 7.39. The minimum Gasteiger partial charge on any atom is -0.492 e. The summed E-state index contributed by atoms with van der Waals surface area (Å²) >= 11 is 0. The number of ether oxygens (including phenoxy) is 1. The van der Waals surface area contributed by atoms with E-state index in [1.807, 2.05) is 6.07 Å². The maximum Gasteiger partial charge on any atom is 0.416 e. The van der Waals surface area contributed by atoms with Crippen molar-refractivity contribution in [3.63, 3.8) is 0 Å². The van der Waals surface area contributed by atoms with Crippen molar-refractivity contribution in [3.05, 3.63) is 65.9 Å². The van der Waals surface area contributed by atoms with E-state index in [1.165, 1.54) is 0 Å². The van der Waals surface area contributed by atoms with Gasteiger partial charge in [-0.3, -0.25) is 14.4 Å². The molecule has 0 saturated carbocycles. The summed E-state index contributed by atoms with van der Waals surface area (Å²) in [6.07, 6.45) is -2.48. The van der Waals surface area contributed by atoms with E-state index >= 15 is 0 Å². The van der Waals surface area contributed by atoms with E-state index < -0.39 is 23.8 Å². The Hall–Kier alpha value is -3.40. The molecular formula is C25H26F4N4O2. The summed E-state index contributed by atoms with van der Waals surface area (Å²) < 4.78 is 59.4. The number of anilines is 1. The van der Waals surface area contributed by atoms with Gasteiger partial charge in [0.25, 0.3) is 5.91 Å². The summed E-state index contributed by atoms with van der Waals surface area (Å²) in [6, 6.07) is 11.0. The maximum absolute atomic E-state index is 13.4. The molecule has 6 nitrogen and oxygen atoms in total. The summed E-state index contributed by atoms with van der Waals surface area (Å²) in [4.78, 5) is 14.8. The highest BCUT2D eigenvalue weighted by atomic mass is 19.4. The largest absolute Gasteiger partial charge is 0.492 e. The van der Waals surface area contributed by atoms with Crippen molar-refractivity contribution < 1.29 is 27.1 Å². The molecule has 10 heteroatoms. The lowest BCUT2D eigenvalue weighted by Gasteiger charge is -2.28. The van der Waals surface area contributed by atoms with Crippen LogP contribution in [0.2, 0.25) is 0 Å². The number of hydrogen-bond donors (Lipinski definition) is 1. The first-order chi connectivity index (χ1) is 16.7. The molecule has 1 N–H and O–H groups in total. The second-order valence-electron chi connectivity index (χ2n) is 8.44. The van der Waals surface area contributed by atoms with Crippen LogP contribution < -0.4 is 10.1 Å². The molecule has 0 radical (unpaired) electrons. The fourth-order valence-electron chi connectivity index (χ4n) is 4.00. The van der Waals surface area contributed by atoms with Gasteiger partial charge >= 0.3 is 6.18 Å². The fourth-order valence-corrected chi connectivity index (χ4v) is 4.00. The molecule has 2 aromatic carbocycles. The highest BCUT2D eigenvalue weighted by Gasteiger charge is 2.30. The molecule has 1 saturated heterocycles. The molecule has 0 spiro atoms. The van der Waals surface area contributed by atoms with Crippen molar-refractivity contribution in [3.8, 4) is 17.0 Å². The topological polar surface area (TPSA) is 59.4 Å². The highest BCUT2D eigenvalue weighted by molar-refractivity contribution is 6.04. The second kappa shape index (κ2) is 10.5. The minimum atomic E-state index is -4.47. The zero-order valence-electron chi connectivity index (χ0n) is 19.2. The Labute approximate surface area is 200 Å². The number of piperidine rings is 1. The van der Waals surface area contributed by atoms with Gasteiger partial charge in [0, 0.05) is 49.7 Å². The summed E-state index contributed by atoms with van der Waals surface area (Å²) in [7, 11) is 1.79. The van der Waals surface area contributed by atoms with E-state index in [4.69, 9.17) is 4.74 Å². The molecule has 1 aliphatic heterocycles. The van der Waals surface area contributed by atoms with Crippen LogP contribution in [0.3, 0.4) is 0 Å². The first-order valence-corrected chi connectivity index (χ1v) is 11.3. The van der Waals surface area contributed by atoms with Crippen LogP contribution in [0.15, 0.2) is 54.7 Å². The normalized spacial score (nSPS) is 15.2. The van der Waals surface area contributed by atoms with Gasteiger partial charge in [0.15, 0.2) is 0 Å². The third-order valence-corrected chi connectivity index (χ3v) is 5.99. The van der Waals surface area contributed by atoms with Crippen LogP contribution in [0.1, 0.15) is 28.8 Å². The Morgan fingerprint density at radius 3 is 2.46 bits per heavy atom. The Morgan fingerprint density at radius 2 is 1.83 bits per heavy atom. The molecule has 1 aliphatic rings. The Bertz CT molecular complexity index is 1150. The monoisotopic (exact) mass is 490 g/mol. The number of nitrogens with one attached hydrogen (secondary N) is 1. The predicted octanol–water partition coefficient (Wildman–Crippen LogP) is 5.17. The number of carbonyl (C=O) groups excluding carboxylic acids is 1. The molecular weight excluding hydrogens is 464 g/mol. The van der Waals surface area contributed by atoms with Crippen LogP contribution in [0, 0.1) is 0 Å². The van der Waals surface area contributed by atoms with Gasteiger partial charge in [0.2, 0.25) is 0 Å². The number of aryl methyl sites for hydroxylation is 1. The molecule has 186 valence electrons. The lowest BCUT2D eigenvalue weighted by atomic mass is 10.1. The number of alkyl halides is 4. The summed E-state index contributed by atoms with van der Waals surface area (Å²) in [5.74, 6) is 0.0705. The average Bonchev–Trinajstić information content (AvgIpc) is 3.26. The van der Waals surface area contributed by atoms with Crippen molar-refractivity contribution in [2.24, 2.45) is 7.05 Å². The van der Waals surface area contributed by atoms with E-state index in [1.54, 1.807) is 36.1 Å². The Balaban J connectivity index is 1.48. The number of aromatic nitrogens is 2. The number of nitrogens with zero attached hydrogens (tertiary/aromatic N) is 3. The smallest absolute Gasteiger partial charge is 0.416 e. The zero-order valence-corrected chi connectivity index (χ0v) is 19.2. The number of benzene rings is 2. The Morgan fingerprint density at radius 1 is 1.11 bits per heavy atom. The van der Waals surface area contributed by atoms with Crippen LogP contribution in [-0.2, 0) is 13.2 Å². The maximum atomic E-state index is 13.4. The molecule has 0 bridgehead atoms. The molecule has 1 amide bonds. The molecule has 3 aromatic rings. The van der Waals surface area contributed by atoms with Crippen molar-refractivity contribution in [2.45, 2.75) is 25.2 Å². The SMILES string of the molecule is Cn1nccc1-c1cc(NC(=O)c2ccc(C(F)(F)F)cc2)ccc1OCCN1CCC(F)CC1. The first kappa shape index (κ1) is 24.7.